The lowest BCUT2D eigenvalue weighted by Crippen LogP contribution is -2.36. The molecule has 4 nitrogen and oxygen atoms in total. The number of hydrogen-bond donors (Lipinski definition) is 1. The minimum atomic E-state index is -0.620. The monoisotopic (exact) mass is 324 g/mol. The van der Waals surface area contributed by atoms with E-state index in [4.69, 9.17) is 0 Å². The van der Waals surface area contributed by atoms with Crippen LogP contribution in [0.15, 0.2) is 36.5 Å². The van der Waals surface area contributed by atoms with Crippen LogP contribution in [0, 0.1) is 11.3 Å². The Morgan fingerprint density at radius 1 is 1.21 bits per heavy atom. The van der Waals surface area contributed by atoms with Crippen LogP contribution < -0.4 is 0 Å². The first kappa shape index (κ1) is 15.6. The van der Waals surface area contributed by atoms with E-state index in [1.807, 2.05) is 18.3 Å². The molecule has 1 aliphatic heterocycles. The lowest BCUT2D eigenvalue weighted by atomic mass is 9.68. The lowest BCUT2D eigenvalue weighted by Gasteiger charge is -2.36. The van der Waals surface area contributed by atoms with E-state index < -0.39 is 5.97 Å². The first-order valence-electron chi connectivity index (χ1n) is 8.95. The topological polar surface area (TPSA) is 53.4 Å². The van der Waals surface area contributed by atoms with Crippen molar-refractivity contribution in [1.29, 1.82) is 0 Å². The number of fused-ring (bicyclic) bond motifs is 1. The summed E-state index contributed by atoms with van der Waals surface area (Å²) in [6.07, 6.45) is 7.64. The van der Waals surface area contributed by atoms with Gasteiger partial charge in [0.1, 0.15) is 0 Å². The fourth-order valence-electron chi connectivity index (χ4n) is 4.74. The summed E-state index contributed by atoms with van der Waals surface area (Å²) in [4.78, 5) is 18.7. The summed E-state index contributed by atoms with van der Waals surface area (Å²) in [7, 11) is 0. The number of aromatic nitrogens is 1. The van der Waals surface area contributed by atoms with Crippen molar-refractivity contribution in [3.8, 4) is 0 Å². The third-order valence-electron chi connectivity index (χ3n) is 5.94. The first-order valence-corrected chi connectivity index (χ1v) is 8.95. The molecule has 4 heteroatoms. The molecule has 1 aromatic carbocycles. The van der Waals surface area contributed by atoms with E-state index in [0.29, 0.717) is 6.54 Å². The van der Waals surface area contributed by atoms with E-state index in [0.717, 1.165) is 37.0 Å². The van der Waals surface area contributed by atoms with E-state index in [1.54, 1.807) is 0 Å². The highest BCUT2D eigenvalue weighted by molar-refractivity contribution is 5.81. The van der Waals surface area contributed by atoms with Crippen LogP contribution in [0.25, 0.3) is 10.8 Å². The van der Waals surface area contributed by atoms with Crippen molar-refractivity contribution in [1.82, 2.24) is 9.88 Å². The molecule has 1 unspecified atom stereocenters. The van der Waals surface area contributed by atoms with Crippen molar-refractivity contribution in [2.45, 2.75) is 38.6 Å². The van der Waals surface area contributed by atoms with Gasteiger partial charge in [0.2, 0.25) is 0 Å². The maximum Gasteiger partial charge on any atom is 0.308 e. The summed E-state index contributed by atoms with van der Waals surface area (Å²) in [5.41, 5.74) is 1.02. The Hall–Kier alpha value is -1.94. The van der Waals surface area contributed by atoms with Crippen LogP contribution >= 0.6 is 0 Å². The molecular formula is C20H24N2O2. The highest BCUT2D eigenvalue weighted by Crippen LogP contribution is 2.47. The maximum atomic E-state index is 11.8. The van der Waals surface area contributed by atoms with E-state index in [2.05, 4.69) is 28.1 Å². The Bertz CT molecular complexity index is 752. The molecule has 1 saturated heterocycles. The fourth-order valence-corrected chi connectivity index (χ4v) is 4.74. The summed E-state index contributed by atoms with van der Waals surface area (Å²) in [5.74, 6) is -0.843. The van der Waals surface area contributed by atoms with Gasteiger partial charge in [0.15, 0.2) is 0 Å². The minimum absolute atomic E-state index is 0.0130. The molecule has 1 aliphatic carbocycles. The Balaban J connectivity index is 1.54. The van der Waals surface area contributed by atoms with E-state index in [9.17, 15) is 9.90 Å². The second kappa shape index (κ2) is 6.17. The number of hydrogen-bond acceptors (Lipinski definition) is 3. The summed E-state index contributed by atoms with van der Waals surface area (Å²) in [5, 5.41) is 12.1. The average molecular weight is 324 g/mol. The molecule has 1 N–H and O–H groups in total. The van der Waals surface area contributed by atoms with Crippen LogP contribution in [0.1, 0.15) is 37.8 Å². The SMILES string of the molecule is O=C(O)C1CN(Cc2cc3ccccc3cn2)CC12CCCCC2. The van der Waals surface area contributed by atoms with Gasteiger partial charge in [-0.25, -0.2) is 0 Å². The van der Waals surface area contributed by atoms with Crippen molar-refractivity contribution in [2.24, 2.45) is 11.3 Å². The van der Waals surface area contributed by atoms with Crippen molar-refractivity contribution in [3.05, 3.63) is 42.2 Å². The molecular weight excluding hydrogens is 300 g/mol. The van der Waals surface area contributed by atoms with Gasteiger partial charge < -0.3 is 5.11 Å². The van der Waals surface area contributed by atoms with Gasteiger partial charge in [-0.15, -0.1) is 0 Å². The Morgan fingerprint density at radius 2 is 1.96 bits per heavy atom. The maximum absolute atomic E-state index is 11.8. The van der Waals surface area contributed by atoms with Crippen LogP contribution in [0.3, 0.4) is 0 Å². The molecule has 1 aromatic heterocycles. The van der Waals surface area contributed by atoms with Gasteiger partial charge in [-0.1, -0.05) is 43.5 Å². The zero-order valence-electron chi connectivity index (χ0n) is 13.9. The van der Waals surface area contributed by atoms with Crippen molar-refractivity contribution >= 4 is 16.7 Å². The highest BCUT2D eigenvalue weighted by Gasteiger charge is 2.50. The van der Waals surface area contributed by atoms with E-state index in [1.165, 1.54) is 24.6 Å². The highest BCUT2D eigenvalue weighted by atomic mass is 16.4. The van der Waals surface area contributed by atoms with Crippen LogP contribution in [0.2, 0.25) is 0 Å². The molecule has 1 atom stereocenters. The Labute approximate surface area is 142 Å². The molecule has 1 spiro atoms. The molecule has 0 bridgehead atoms. The fraction of sp³-hybridized carbons (Fsp3) is 0.500. The van der Waals surface area contributed by atoms with Gasteiger partial charge in [-0.05, 0) is 29.7 Å². The van der Waals surface area contributed by atoms with Gasteiger partial charge >= 0.3 is 5.97 Å². The van der Waals surface area contributed by atoms with Crippen LogP contribution in [-0.2, 0) is 11.3 Å². The van der Waals surface area contributed by atoms with Gasteiger partial charge in [0, 0.05) is 31.2 Å². The predicted octanol–water partition coefficient (Wildman–Crippen LogP) is 3.70. The van der Waals surface area contributed by atoms with Crippen molar-refractivity contribution < 1.29 is 9.90 Å². The Kier molecular flexibility index (Phi) is 4.01. The van der Waals surface area contributed by atoms with E-state index in [-0.39, 0.29) is 11.3 Å². The second-order valence-corrected chi connectivity index (χ2v) is 7.51. The van der Waals surface area contributed by atoms with Gasteiger partial charge in [-0.2, -0.15) is 0 Å². The number of rotatable bonds is 3. The molecule has 24 heavy (non-hydrogen) atoms. The average Bonchev–Trinajstić information content (AvgIpc) is 2.93. The molecule has 2 aliphatic rings. The molecule has 4 rings (SSSR count). The lowest BCUT2D eigenvalue weighted by molar-refractivity contribution is -0.145. The quantitative estimate of drug-likeness (QED) is 0.935. The Morgan fingerprint density at radius 3 is 2.71 bits per heavy atom. The zero-order chi connectivity index (χ0) is 16.6. The van der Waals surface area contributed by atoms with Crippen LogP contribution in [0.5, 0.6) is 0 Å². The second-order valence-electron chi connectivity index (χ2n) is 7.51. The zero-order valence-corrected chi connectivity index (χ0v) is 13.9. The summed E-state index contributed by atoms with van der Waals surface area (Å²) in [6, 6.07) is 10.4. The van der Waals surface area contributed by atoms with Crippen LogP contribution in [0.4, 0.5) is 0 Å². The summed E-state index contributed by atoms with van der Waals surface area (Å²) < 4.78 is 0. The molecule has 126 valence electrons. The van der Waals surface area contributed by atoms with Crippen molar-refractivity contribution in [2.75, 3.05) is 13.1 Å². The molecule has 2 heterocycles. The minimum Gasteiger partial charge on any atom is -0.481 e. The smallest absolute Gasteiger partial charge is 0.308 e. The molecule has 2 aromatic rings. The molecule has 0 radical (unpaired) electrons. The third-order valence-corrected chi connectivity index (χ3v) is 5.94. The van der Waals surface area contributed by atoms with Crippen LogP contribution in [-0.4, -0.2) is 34.0 Å². The number of pyridine rings is 1. The standard InChI is InChI=1S/C20H24N2O2/c23-19(24)18-13-22(14-20(18)8-4-1-5-9-20)12-17-10-15-6-2-3-7-16(15)11-21-17/h2-3,6-7,10-11,18H,1,4-5,8-9,12-14H2,(H,23,24). The number of carboxylic acids is 1. The normalized spacial score (nSPS) is 23.8. The first-order chi connectivity index (χ1) is 11.7. The number of benzene rings is 1. The summed E-state index contributed by atoms with van der Waals surface area (Å²) in [6.45, 7) is 2.30. The number of carbonyl (C=O) groups is 1. The predicted molar refractivity (Wildman–Crippen MR) is 93.7 cm³/mol. The molecule has 0 amide bonds. The summed E-state index contributed by atoms with van der Waals surface area (Å²) >= 11 is 0. The largest absolute Gasteiger partial charge is 0.481 e. The molecule has 2 fully saturated rings. The molecule has 1 saturated carbocycles. The number of nitrogens with zero attached hydrogens (tertiary/aromatic N) is 2. The van der Waals surface area contributed by atoms with Crippen molar-refractivity contribution in [3.63, 3.8) is 0 Å². The number of likely N-dealkylation sites (tertiary alicyclic amines) is 1. The third kappa shape index (κ3) is 2.80. The number of aliphatic carboxylic acids is 1. The number of carboxylic acid groups (broad SMARTS) is 1. The van der Waals surface area contributed by atoms with Gasteiger partial charge in [-0.3, -0.25) is 14.7 Å². The van der Waals surface area contributed by atoms with E-state index >= 15 is 0 Å². The van der Waals surface area contributed by atoms with Gasteiger partial charge in [0.05, 0.1) is 11.6 Å². The van der Waals surface area contributed by atoms with Gasteiger partial charge in [0.25, 0.3) is 0 Å².